The Morgan fingerprint density at radius 3 is 2.84 bits per heavy atom. The Morgan fingerprint density at radius 1 is 1.40 bits per heavy atom. The number of nitrogens with one attached hydrogen (secondary N) is 1. The molecular weight excluding hydrogens is 320 g/mol. The van der Waals surface area contributed by atoms with Crippen LogP contribution in [0.2, 0.25) is 0 Å². The lowest BCUT2D eigenvalue weighted by Gasteiger charge is -2.39. The number of β-amino-alcohol motifs (C(OH)–C–C–N with tert-alkyl or cyclic N) is 1. The van der Waals surface area contributed by atoms with E-state index in [-0.39, 0.29) is 12.5 Å². The summed E-state index contributed by atoms with van der Waals surface area (Å²) in [5.74, 6) is 0.394. The predicted molar refractivity (Wildman–Crippen MR) is 93.4 cm³/mol. The quantitative estimate of drug-likeness (QED) is 0.831. The average molecular weight is 344 g/mol. The molecule has 1 saturated heterocycles. The van der Waals surface area contributed by atoms with E-state index in [4.69, 9.17) is 0 Å². The number of carbonyl (C=O) groups excluding carboxylic acids is 1. The molecule has 8 heteroatoms. The Labute approximate surface area is 146 Å². The number of aromatic nitrogens is 4. The maximum Gasteiger partial charge on any atom is 0.254 e. The van der Waals surface area contributed by atoms with Crippen LogP contribution in [0, 0.1) is 6.92 Å². The molecule has 1 aliphatic heterocycles. The highest BCUT2D eigenvalue weighted by atomic mass is 16.3. The number of aryl methyl sites for hydroxylation is 2. The molecule has 1 fully saturated rings. The highest BCUT2D eigenvalue weighted by Gasteiger charge is 2.34. The SMILES string of the molecule is CCn1cc(C(=O)NC[C@]2(O)CCCN(c3ncccn3)C2)c(C)n1. The number of hydrogen-bond acceptors (Lipinski definition) is 6. The van der Waals surface area contributed by atoms with Gasteiger partial charge in [0.2, 0.25) is 5.95 Å². The standard InChI is InChI=1S/C17H24N6O2/c1-3-23-10-14(13(2)21-23)15(24)20-11-17(25)6-4-9-22(12-17)16-18-7-5-8-19-16/h5,7-8,10,25H,3-4,6,9,11-12H2,1-2H3,(H,20,24)/t17-/m1/s1. The van der Waals surface area contributed by atoms with Crippen LogP contribution in [-0.4, -0.2) is 56.0 Å². The molecule has 1 atom stereocenters. The van der Waals surface area contributed by atoms with Crippen LogP contribution in [0.3, 0.4) is 0 Å². The number of anilines is 1. The van der Waals surface area contributed by atoms with Gasteiger partial charge in [-0.2, -0.15) is 5.10 Å². The maximum absolute atomic E-state index is 12.4. The van der Waals surface area contributed by atoms with Crippen molar-refractivity contribution in [3.8, 4) is 0 Å². The van der Waals surface area contributed by atoms with Gasteiger partial charge in [-0.3, -0.25) is 9.48 Å². The molecule has 0 aliphatic carbocycles. The van der Waals surface area contributed by atoms with Crippen molar-refractivity contribution >= 4 is 11.9 Å². The summed E-state index contributed by atoms with van der Waals surface area (Å²) in [6.45, 7) is 5.87. The Bertz CT molecular complexity index is 732. The van der Waals surface area contributed by atoms with Gasteiger partial charge in [0, 0.05) is 38.2 Å². The number of aliphatic hydroxyl groups is 1. The Morgan fingerprint density at radius 2 is 2.16 bits per heavy atom. The fourth-order valence-corrected chi connectivity index (χ4v) is 3.12. The van der Waals surface area contributed by atoms with Crippen LogP contribution in [0.15, 0.2) is 24.7 Å². The van der Waals surface area contributed by atoms with Gasteiger partial charge in [0.15, 0.2) is 0 Å². The van der Waals surface area contributed by atoms with Gasteiger partial charge < -0.3 is 15.3 Å². The predicted octanol–water partition coefficient (Wildman–Crippen LogP) is 0.763. The fraction of sp³-hybridized carbons (Fsp3) is 0.529. The highest BCUT2D eigenvalue weighted by Crippen LogP contribution is 2.23. The first-order valence-corrected chi connectivity index (χ1v) is 8.57. The third kappa shape index (κ3) is 3.96. The van der Waals surface area contributed by atoms with Crippen LogP contribution < -0.4 is 10.2 Å². The van der Waals surface area contributed by atoms with E-state index in [1.807, 2.05) is 18.7 Å². The molecule has 1 amide bonds. The third-order valence-corrected chi connectivity index (χ3v) is 4.48. The maximum atomic E-state index is 12.4. The molecule has 3 heterocycles. The highest BCUT2D eigenvalue weighted by molar-refractivity contribution is 5.95. The molecule has 0 radical (unpaired) electrons. The zero-order valence-electron chi connectivity index (χ0n) is 14.6. The van der Waals surface area contributed by atoms with Crippen LogP contribution in [0.25, 0.3) is 0 Å². The topological polar surface area (TPSA) is 96.2 Å². The molecule has 0 saturated carbocycles. The monoisotopic (exact) mass is 344 g/mol. The molecule has 2 aromatic heterocycles. The van der Waals surface area contributed by atoms with Crippen LogP contribution in [0.4, 0.5) is 5.95 Å². The summed E-state index contributed by atoms with van der Waals surface area (Å²) in [6.07, 6.45) is 6.55. The lowest BCUT2D eigenvalue weighted by molar-refractivity contribution is 0.0252. The molecule has 0 aromatic carbocycles. The number of hydrogen-bond donors (Lipinski definition) is 2. The van der Waals surface area contributed by atoms with Crippen molar-refractivity contribution in [2.45, 2.75) is 38.8 Å². The van der Waals surface area contributed by atoms with Crippen molar-refractivity contribution in [2.24, 2.45) is 0 Å². The molecule has 0 unspecified atom stereocenters. The van der Waals surface area contributed by atoms with Crippen molar-refractivity contribution in [3.05, 3.63) is 35.9 Å². The summed E-state index contributed by atoms with van der Waals surface area (Å²) in [6, 6.07) is 1.76. The molecule has 1 aliphatic rings. The molecule has 25 heavy (non-hydrogen) atoms. The molecule has 2 aromatic rings. The van der Waals surface area contributed by atoms with Crippen molar-refractivity contribution < 1.29 is 9.90 Å². The zero-order chi connectivity index (χ0) is 17.9. The van der Waals surface area contributed by atoms with E-state index >= 15 is 0 Å². The molecule has 0 spiro atoms. The first-order chi connectivity index (χ1) is 12.0. The van der Waals surface area contributed by atoms with Crippen LogP contribution >= 0.6 is 0 Å². The summed E-state index contributed by atoms with van der Waals surface area (Å²) in [4.78, 5) is 22.9. The van der Waals surface area contributed by atoms with E-state index < -0.39 is 5.60 Å². The second-order valence-electron chi connectivity index (χ2n) is 6.46. The van der Waals surface area contributed by atoms with Crippen LogP contribution in [-0.2, 0) is 6.54 Å². The van der Waals surface area contributed by atoms with Crippen molar-refractivity contribution in [1.29, 1.82) is 0 Å². The number of nitrogens with zero attached hydrogens (tertiary/aromatic N) is 5. The lowest BCUT2D eigenvalue weighted by Crippen LogP contribution is -2.54. The zero-order valence-corrected chi connectivity index (χ0v) is 14.6. The van der Waals surface area contributed by atoms with Crippen molar-refractivity contribution in [1.82, 2.24) is 25.1 Å². The first kappa shape index (κ1) is 17.3. The second kappa shape index (κ2) is 7.18. The van der Waals surface area contributed by atoms with Gasteiger partial charge in [-0.05, 0) is 32.8 Å². The van der Waals surface area contributed by atoms with E-state index in [1.165, 1.54) is 0 Å². The first-order valence-electron chi connectivity index (χ1n) is 8.57. The smallest absolute Gasteiger partial charge is 0.254 e. The number of piperidine rings is 1. The Kier molecular flexibility index (Phi) is 4.98. The lowest BCUT2D eigenvalue weighted by atomic mass is 9.93. The fourth-order valence-electron chi connectivity index (χ4n) is 3.12. The summed E-state index contributed by atoms with van der Waals surface area (Å²) in [5.41, 5.74) is 0.237. The van der Waals surface area contributed by atoms with Gasteiger partial charge in [-0.25, -0.2) is 9.97 Å². The normalized spacial score (nSPS) is 20.5. The van der Waals surface area contributed by atoms with E-state index in [0.717, 1.165) is 13.0 Å². The third-order valence-electron chi connectivity index (χ3n) is 4.48. The van der Waals surface area contributed by atoms with E-state index in [0.29, 0.717) is 36.7 Å². The van der Waals surface area contributed by atoms with E-state index in [9.17, 15) is 9.90 Å². The summed E-state index contributed by atoms with van der Waals surface area (Å²) >= 11 is 0. The summed E-state index contributed by atoms with van der Waals surface area (Å²) in [5, 5.41) is 18.0. The summed E-state index contributed by atoms with van der Waals surface area (Å²) < 4.78 is 1.73. The Hall–Kier alpha value is -2.48. The molecule has 134 valence electrons. The minimum absolute atomic E-state index is 0.186. The van der Waals surface area contributed by atoms with Crippen molar-refractivity contribution in [2.75, 3.05) is 24.5 Å². The van der Waals surface area contributed by atoms with Crippen LogP contribution in [0.5, 0.6) is 0 Å². The number of carbonyl (C=O) groups is 1. The van der Waals surface area contributed by atoms with Gasteiger partial charge in [0.05, 0.1) is 23.4 Å². The van der Waals surface area contributed by atoms with Gasteiger partial charge >= 0.3 is 0 Å². The molecule has 3 rings (SSSR count). The minimum atomic E-state index is -0.998. The second-order valence-corrected chi connectivity index (χ2v) is 6.46. The van der Waals surface area contributed by atoms with Crippen LogP contribution in [0.1, 0.15) is 35.8 Å². The Balaban J connectivity index is 1.63. The van der Waals surface area contributed by atoms with Gasteiger partial charge in [0.1, 0.15) is 0 Å². The van der Waals surface area contributed by atoms with Gasteiger partial charge in [0.25, 0.3) is 5.91 Å². The molecular formula is C17H24N6O2. The minimum Gasteiger partial charge on any atom is -0.386 e. The van der Waals surface area contributed by atoms with Gasteiger partial charge in [-0.1, -0.05) is 0 Å². The van der Waals surface area contributed by atoms with Gasteiger partial charge in [-0.15, -0.1) is 0 Å². The number of rotatable bonds is 5. The molecule has 8 nitrogen and oxygen atoms in total. The van der Waals surface area contributed by atoms with E-state index in [1.54, 1.807) is 29.3 Å². The molecule has 0 bridgehead atoms. The van der Waals surface area contributed by atoms with Crippen molar-refractivity contribution in [3.63, 3.8) is 0 Å². The summed E-state index contributed by atoms with van der Waals surface area (Å²) in [7, 11) is 0. The average Bonchev–Trinajstić information content (AvgIpc) is 3.02. The molecule has 2 N–H and O–H groups in total. The number of amides is 1. The van der Waals surface area contributed by atoms with E-state index in [2.05, 4.69) is 20.4 Å². The largest absolute Gasteiger partial charge is 0.386 e.